The second-order valence-corrected chi connectivity index (χ2v) is 7.57. The van der Waals surface area contributed by atoms with Gasteiger partial charge in [0.15, 0.2) is 0 Å². The van der Waals surface area contributed by atoms with E-state index in [9.17, 15) is 9.59 Å². The second-order valence-electron chi connectivity index (χ2n) is 6.02. The third-order valence-corrected chi connectivity index (χ3v) is 5.42. The van der Waals surface area contributed by atoms with Crippen LogP contribution in [0.3, 0.4) is 0 Å². The number of benzene rings is 1. The first-order chi connectivity index (χ1) is 12.5. The molecule has 26 heavy (non-hydrogen) atoms. The Kier molecular flexibility index (Phi) is 5.74. The Morgan fingerprint density at radius 3 is 2.85 bits per heavy atom. The van der Waals surface area contributed by atoms with Crippen LogP contribution >= 0.6 is 22.9 Å². The van der Waals surface area contributed by atoms with Crippen LogP contribution in [0.25, 0.3) is 0 Å². The van der Waals surface area contributed by atoms with E-state index in [1.807, 2.05) is 30.3 Å². The van der Waals surface area contributed by atoms with Gasteiger partial charge in [0.05, 0.1) is 12.3 Å². The molecule has 1 aromatic heterocycles. The molecule has 1 aromatic carbocycles. The summed E-state index contributed by atoms with van der Waals surface area (Å²) >= 11 is 7.89. The third kappa shape index (κ3) is 4.14. The predicted molar refractivity (Wildman–Crippen MR) is 104 cm³/mol. The van der Waals surface area contributed by atoms with Crippen LogP contribution in [0.2, 0.25) is 5.02 Å². The number of hydrogen-bond acceptors (Lipinski definition) is 5. The number of nitrogens with zero attached hydrogens (tertiary/aromatic N) is 1. The Morgan fingerprint density at radius 2 is 2.12 bits per heavy atom. The van der Waals surface area contributed by atoms with E-state index >= 15 is 0 Å². The average molecular weight is 391 g/mol. The van der Waals surface area contributed by atoms with Crippen molar-refractivity contribution in [3.05, 3.63) is 51.4 Å². The van der Waals surface area contributed by atoms with E-state index in [1.54, 1.807) is 6.92 Å². The molecule has 0 bridgehead atoms. The molecule has 1 aliphatic rings. The molecule has 1 N–H and O–H groups in total. The fraction of sp³-hybridized carbons (Fsp3) is 0.316. The first-order valence-electron chi connectivity index (χ1n) is 8.35. The molecule has 1 aliphatic heterocycles. The maximum atomic E-state index is 12.3. The van der Waals surface area contributed by atoms with Gasteiger partial charge in [-0.2, -0.15) is 0 Å². The van der Waals surface area contributed by atoms with E-state index < -0.39 is 6.04 Å². The van der Waals surface area contributed by atoms with Crippen molar-refractivity contribution in [2.45, 2.75) is 32.7 Å². The van der Waals surface area contributed by atoms with Crippen LogP contribution in [-0.4, -0.2) is 30.2 Å². The van der Waals surface area contributed by atoms with Gasteiger partial charge in [-0.3, -0.25) is 14.6 Å². The van der Waals surface area contributed by atoms with E-state index in [2.05, 4.69) is 10.3 Å². The average Bonchev–Trinajstić information content (AvgIpc) is 2.94. The smallest absolute Gasteiger partial charge is 0.302 e. The van der Waals surface area contributed by atoms with Crippen LogP contribution in [0.4, 0.5) is 5.00 Å². The third-order valence-electron chi connectivity index (χ3n) is 3.98. The van der Waals surface area contributed by atoms with Crippen molar-refractivity contribution in [1.29, 1.82) is 0 Å². The van der Waals surface area contributed by atoms with Crippen LogP contribution in [0, 0.1) is 0 Å². The number of rotatable bonds is 5. The molecule has 3 rings (SSSR count). The molecule has 5 nitrogen and oxygen atoms in total. The summed E-state index contributed by atoms with van der Waals surface area (Å²) in [6.45, 7) is 3.55. The fourth-order valence-corrected chi connectivity index (χ4v) is 4.03. The van der Waals surface area contributed by atoms with Gasteiger partial charge in [-0.1, -0.05) is 29.8 Å². The van der Waals surface area contributed by atoms with Gasteiger partial charge in [-0.05, 0) is 31.9 Å². The van der Waals surface area contributed by atoms with Crippen molar-refractivity contribution < 1.29 is 14.3 Å². The summed E-state index contributed by atoms with van der Waals surface area (Å²) in [6.07, 6.45) is 1.48. The molecule has 136 valence electrons. The summed E-state index contributed by atoms with van der Waals surface area (Å²) in [5.41, 5.74) is 2.41. The van der Waals surface area contributed by atoms with E-state index in [4.69, 9.17) is 16.3 Å². The minimum atomic E-state index is -0.492. The zero-order valence-electron chi connectivity index (χ0n) is 14.5. The van der Waals surface area contributed by atoms with Crippen LogP contribution < -0.4 is 5.32 Å². The van der Waals surface area contributed by atoms with Crippen molar-refractivity contribution in [3.8, 4) is 0 Å². The normalized spacial score (nSPS) is 16.3. The summed E-state index contributed by atoms with van der Waals surface area (Å²) in [4.78, 5) is 28.9. The minimum absolute atomic E-state index is 0.137. The van der Waals surface area contributed by atoms with Crippen molar-refractivity contribution in [2.75, 3.05) is 11.9 Å². The zero-order chi connectivity index (χ0) is 18.7. The number of ether oxygens (including phenoxy) is 1. The van der Waals surface area contributed by atoms with Crippen molar-refractivity contribution in [3.63, 3.8) is 0 Å². The number of anilines is 1. The zero-order valence-corrected chi connectivity index (χ0v) is 16.1. The number of carbonyl (C=O) groups excluding carboxylic acids is 2. The fourth-order valence-electron chi connectivity index (χ4n) is 2.70. The molecule has 1 amide bonds. The first-order valence-corrected chi connectivity index (χ1v) is 9.55. The van der Waals surface area contributed by atoms with Crippen molar-refractivity contribution in [1.82, 2.24) is 0 Å². The Labute approximate surface area is 161 Å². The van der Waals surface area contributed by atoms with E-state index in [1.165, 1.54) is 18.3 Å². The summed E-state index contributed by atoms with van der Waals surface area (Å²) < 4.78 is 4.98. The number of fused-ring (bicyclic) bond motifs is 1. The molecule has 0 aliphatic carbocycles. The molecule has 0 radical (unpaired) electrons. The number of hydrogen-bond donors (Lipinski definition) is 1. The van der Waals surface area contributed by atoms with Crippen molar-refractivity contribution >= 4 is 45.5 Å². The number of carbonyl (C=O) groups is 2. The molecule has 2 aromatic rings. The molecular formula is C19H19ClN2O3S. The highest BCUT2D eigenvalue weighted by Crippen LogP contribution is 2.34. The van der Waals surface area contributed by atoms with Crippen LogP contribution in [0.15, 0.2) is 35.3 Å². The highest BCUT2D eigenvalue weighted by molar-refractivity contribution is 7.16. The molecule has 2 heterocycles. The topological polar surface area (TPSA) is 67.8 Å². The van der Waals surface area contributed by atoms with Crippen LogP contribution in [0.5, 0.6) is 0 Å². The highest BCUT2D eigenvalue weighted by atomic mass is 35.5. The summed E-state index contributed by atoms with van der Waals surface area (Å²) in [5.74, 6) is -0.414. The van der Waals surface area contributed by atoms with E-state index in [0.717, 1.165) is 39.6 Å². The Hall–Kier alpha value is -2.18. The summed E-state index contributed by atoms with van der Waals surface area (Å²) in [6, 6.07) is 9.04. The molecular weight excluding hydrogens is 372 g/mol. The number of esters is 1. The molecule has 1 unspecified atom stereocenters. The van der Waals surface area contributed by atoms with Gasteiger partial charge >= 0.3 is 5.97 Å². The van der Waals surface area contributed by atoms with Gasteiger partial charge in [0, 0.05) is 28.0 Å². The first kappa shape index (κ1) is 18.6. The Balaban J connectivity index is 1.92. The minimum Gasteiger partial charge on any atom is -0.466 e. The second kappa shape index (κ2) is 8.01. The molecule has 7 heteroatoms. The lowest BCUT2D eigenvalue weighted by Crippen LogP contribution is -2.22. The SMILES string of the molecule is CC(=O)OCCCc1cc2c(s1)NC(=O)C(C)N=C2c1ccccc1Cl. The summed E-state index contributed by atoms with van der Waals surface area (Å²) in [5, 5.41) is 4.33. The number of aliphatic imine (C=N–C) groups is 1. The molecule has 0 spiro atoms. The predicted octanol–water partition coefficient (Wildman–Crippen LogP) is 4.08. The Bertz CT molecular complexity index is 875. The van der Waals surface area contributed by atoms with E-state index in [0.29, 0.717) is 11.6 Å². The largest absolute Gasteiger partial charge is 0.466 e. The maximum absolute atomic E-state index is 12.3. The monoisotopic (exact) mass is 390 g/mol. The number of halogens is 1. The van der Waals surface area contributed by atoms with Gasteiger partial charge in [0.1, 0.15) is 11.0 Å². The van der Waals surface area contributed by atoms with Crippen LogP contribution in [0.1, 0.15) is 36.3 Å². The van der Waals surface area contributed by atoms with Gasteiger partial charge in [-0.15, -0.1) is 11.3 Å². The van der Waals surface area contributed by atoms with Gasteiger partial charge in [0.25, 0.3) is 0 Å². The lowest BCUT2D eigenvalue weighted by atomic mass is 10.0. The van der Waals surface area contributed by atoms with Crippen LogP contribution in [-0.2, 0) is 20.7 Å². The maximum Gasteiger partial charge on any atom is 0.302 e. The van der Waals surface area contributed by atoms with Gasteiger partial charge in [-0.25, -0.2) is 0 Å². The van der Waals surface area contributed by atoms with Gasteiger partial charge in [0.2, 0.25) is 5.91 Å². The van der Waals surface area contributed by atoms with Crippen molar-refractivity contribution in [2.24, 2.45) is 4.99 Å². The number of thiophene rings is 1. The highest BCUT2D eigenvalue weighted by Gasteiger charge is 2.26. The summed E-state index contributed by atoms with van der Waals surface area (Å²) in [7, 11) is 0. The molecule has 0 fully saturated rings. The standard InChI is InChI=1S/C19H19ClN2O3S/c1-11-18(24)22-19-15(10-13(26-19)6-5-9-25-12(2)23)17(21-11)14-7-3-4-8-16(14)20/h3-4,7-8,10-11H,5-6,9H2,1-2H3,(H,22,24). The Morgan fingerprint density at radius 1 is 1.35 bits per heavy atom. The number of amides is 1. The molecule has 1 atom stereocenters. The number of aryl methyl sites for hydroxylation is 1. The molecule has 0 saturated heterocycles. The quantitative estimate of drug-likeness (QED) is 0.618. The number of nitrogens with one attached hydrogen (secondary N) is 1. The van der Waals surface area contributed by atoms with Gasteiger partial charge < -0.3 is 10.1 Å². The van der Waals surface area contributed by atoms with E-state index in [-0.39, 0.29) is 11.9 Å². The molecule has 0 saturated carbocycles. The lowest BCUT2D eigenvalue weighted by molar-refractivity contribution is -0.141. The lowest BCUT2D eigenvalue weighted by Gasteiger charge is -2.08.